The van der Waals surface area contributed by atoms with Crippen molar-refractivity contribution in [3.63, 3.8) is 0 Å². The van der Waals surface area contributed by atoms with Gasteiger partial charge in [-0.15, -0.1) is 6.58 Å². The van der Waals surface area contributed by atoms with E-state index in [1.807, 2.05) is 18.2 Å². The van der Waals surface area contributed by atoms with Gasteiger partial charge in [0.15, 0.2) is 0 Å². The summed E-state index contributed by atoms with van der Waals surface area (Å²) in [5, 5.41) is 0. The van der Waals surface area contributed by atoms with Crippen LogP contribution in [0.2, 0.25) is 0 Å². The van der Waals surface area contributed by atoms with Crippen LogP contribution in [0.25, 0.3) is 0 Å². The van der Waals surface area contributed by atoms with E-state index in [1.54, 1.807) is 6.08 Å². The largest absolute Gasteiger partial charge is 0.377 e. The fraction of sp³-hybridized carbons (Fsp3) is 0.500. The molecule has 1 rings (SSSR count). The van der Waals surface area contributed by atoms with E-state index in [2.05, 4.69) is 18.7 Å². The molecule has 0 aromatic heterocycles. The number of benzene rings is 1. The molecule has 0 radical (unpaired) electrons. The summed E-state index contributed by atoms with van der Waals surface area (Å²) < 4.78 is 10.9. The van der Waals surface area contributed by atoms with Gasteiger partial charge in [-0.05, 0) is 18.4 Å². The molecule has 0 aliphatic rings. The molecule has 0 aliphatic heterocycles. The van der Waals surface area contributed by atoms with E-state index < -0.39 is 0 Å². The van der Waals surface area contributed by atoms with Gasteiger partial charge in [-0.1, -0.05) is 49.2 Å². The molecule has 1 aromatic rings. The quantitative estimate of drug-likeness (QED) is 0.436. The standard InChI is InChI=1S/C16H24O2/c1-2-12-17-13-8-3-4-9-14-18-15-16-10-6-5-7-11-16/h2,5-7,10-11H,1,3-4,8-9,12-15H2. The topological polar surface area (TPSA) is 18.5 Å². The Bertz CT molecular complexity index is 295. The summed E-state index contributed by atoms with van der Waals surface area (Å²) in [6, 6.07) is 10.3. The van der Waals surface area contributed by atoms with Crippen molar-refractivity contribution < 1.29 is 9.47 Å². The van der Waals surface area contributed by atoms with E-state index in [-0.39, 0.29) is 0 Å². The molecule has 1 aromatic carbocycles. The van der Waals surface area contributed by atoms with Crippen LogP contribution < -0.4 is 0 Å². The SMILES string of the molecule is C=CCOCCCCCCOCc1ccccc1. The fourth-order valence-corrected chi connectivity index (χ4v) is 1.69. The summed E-state index contributed by atoms with van der Waals surface area (Å²) in [6.45, 7) is 6.70. The van der Waals surface area contributed by atoms with Crippen molar-refractivity contribution >= 4 is 0 Å². The Morgan fingerprint density at radius 1 is 0.889 bits per heavy atom. The van der Waals surface area contributed by atoms with Crippen molar-refractivity contribution in [3.05, 3.63) is 48.6 Å². The molecule has 0 aliphatic carbocycles. The summed E-state index contributed by atoms with van der Waals surface area (Å²) in [4.78, 5) is 0. The highest BCUT2D eigenvalue weighted by atomic mass is 16.5. The highest BCUT2D eigenvalue weighted by Gasteiger charge is 1.93. The third kappa shape index (κ3) is 8.04. The van der Waals surface area contributed by atoms with Crippen molar-refractivity contribution in [2.45, 2.75) is 32.3 Å². The minimum absolute atomic E-state index is 0.667. The molecule has 2 heteroatoms. The lowest BCUT2D eigenvalue weighted by Crippen LogP contribution is -1.97. The molecule has 2 nitrogen and oxygen atoms in total. The van der Waals surface area contributed by atoms with E-state index in [0.717, 1.165) is 32.7 Å². The van der Waals surface area contributed by atoms with E-state index in [0.29, 0.717) is 6.61 Å². The number of unbranched alkanes of at least 4 members (excludes halogenated alkanes) is 3. The van der Waals surface area contributed by atoms with Crippen molar-refractivity contribution in [2.75, 3.05) is 19.8 Å². The minimum atomic E-state index is 0.667. The molecule has 0 spiro atoms. The van der Waals surface area contributed by atoms with E-state index in [1.165, 1.54) is 18.4 Å². The van der Waals surface area contributed by atoms with E-state index in [9.17, 15) is 0 Å². The summed E-state index contributed by atoms with van der Waals surface area (Å²) in [7, 11) is 0. The van der Waals surface area contributed by atoms with Crippen molar-refractivity contribution in [3.8, 4) is 0 Å². The first-order valence-corrected chi connectivity index (χ1v) is 6.74. The van der Waals surface area contributed by atoms with Gasteiger partial charge < -0.3 is 9.47 Å². The van der Waals surface area contributed by atoms with Crippen LogP contribution in [-0.4, -0.2) is 19.8 Å². The molecular weight excluding hydrogens is 224 g/mol. The normalized spacial score (nSPS) is 10.4. The minimum Gasteiger partial charge on any atom is -0.377 e. The molecule has 0 saturated heterocycles. The third-order valence-corrected chi connectivity index (χ3v) is 2.67. The summed E-state index contributed by atoms with van der Waals surface area (Å²) in [5.74, 6) is 0. The van der Waals surface area contributed by atoms with Crippen molar-refractivity contribution in [1.82, 2.24) is 0 Å². The first kappa shape index (κ1) is 14.9. The number of ether oxygens (including phenoxy) is 2. The van der Waals surface area contributed by atoms with Crippen LogP contribution in [-0.2, 0) is 16.1 Å². The maximum absolute atomic E-state index is 5.62. The molecule has 0 amide bonds. The Labute approximate surface area is 111 Å². The van der Waals surface area contributed by atoms with Gasteiger partial charge in [0, 0.05) is 13.2 Å². The van der Waals surface area contributed by atoms with Crippen LogP contribution in [0.15, 0.2) is 43.0 Å². The molecule has 100 valence electrons. The Hall–Kier alpha value is -1.12. The Morgan fingerprint density at radius 2 is 1.56 bits per heavy atom. The summed E-state index contributed by atoms with van der Waals surface area (Å²) in [6.07, 6.45) is 6.48. The van der Waals surface area contributed by atoms with Gasteiger partial charge in [-0.2, -0.15) is 0 Å². The molecule has 0 fully saturated rings. The second-order valence-corrected chi connectivity index (χ2v) is 4.32. The molecule has 0 heterocycles. The highest BCUT2D eigenvalue weighted by molar-refractivity contribution is 5.13. The molecular formula is C16H24O2. The average molecular weight is 248 g/mol. The van der Waals surface area contributed by atoms with E-state index >= 15 is 0 Å². The number of hydrogen-bond acceptors (Lipinski definition) is 2. The predicted molar refractivity (Wildman–Crippen MR) is 75.6 cm³/mol. The zero-order chi connectivity index (χ0) is 12.9. The van der Waals surface area contributed by atoms with Gasteiger partial charge in [0.2, 0.25) is 0 Å². The molecule has 0 atom stereocenters. The molecule has 0 saturated carbocycles. The van der Waals surface area contributed by atoms with Crippen LogP contribution in [0.4, 0.5) is 0 Å². The Balaban J connectivity index is 1.83. The van der Waals surface area contributed by atoms with Crippen molar-refractivity contribution in [2.24, 2.45) is 0 Å². The smallest absolute Gasteiger partial charge is 0.0716 e. The summed E-state index contributed by atoms with van der Waals surface area (Å²) in [5.41, 5.74) is 1.25. The zero-order valence-electron chi connectivity index (χ0n) is 11.1. The van der Waals surface area contributed by atoms with Crippen LogP contribution in [0, 0.1) is 0 Å². The monoisotopic (exact) mass is 248 g/mol. The lowest BCUT2D eigenvalue weighted by atomic mass is 10.2. The average Bonchev–Trinajstić information content (AvgIpc) is 2.42. The predicted octanol–water partition coefficient (Wildman–Crippen LogP) is 3.97. The number of rotatable bonds is 11. The molecule has 18 heavy (non-hydrogen) atoms. The first-order valence-electron chi connectivity index (χ1n) is 6.74. The van der Waals surface area contributed by atoms with Gasteiger partial charge in [-0.3, -0.25) is 0 Å². The zero-order valence-corrected chi connectivity index (χ0v) is 11.1. The van der Waals surface area contributed by atoms with Gasteiger partial charge in [0.25, 0.3) is 0 Å². The Kier molecular flexibility index (Phi) is 9.13. The van der Waals surface area contributed by atoms with Gasteiger partial charge in [0.1, 0.15) is 0 Å². The maximum Gasteiger partial charge on any atom is 0.0716 e. The highest BCUT2D eigenvalue weighted by Crippen LogP contribution is 2.04. The van der Waals surface area contributed by atoms with Gasteiger partial charge in [-0.25, -0.2) is 0 Å². The first-order chi connectivity index (χ1) is 8.93. The van der Waals surface area contributed by atoms with Gasteiger partial charge >= 0.3 is 0 Å². The summed E-state index contributed by atoms with van der Waals surface area (Å²) >= 11 is 0. The maximum atomic E-state index is 5.62. The van der Waals surface area contributed by atoms with Gasteiger partial charge in [0.05, 0.1) is 13.2 Å². The lowest BCUT2D eigenvalue weighted by Gasteiger charge is -2.04. The van der Waals surface area contributed by atoms with Crippen LogP contribution in [0.3, 0.4) is 0 Å². The van der Waals surface area contributed by atoms with Crippen molar-refractivity contribution in [1.29, 1.82) is 0 Å². The fourth-order valence-electron chi connectivity index (χ4n) is 1.69. The Morgan fingerprint density at radius 3 is 2.22 bits per heavy atom. The van der Waals surface area contributed by atoms with Crippen LogP contribution in [0.5, 0.6) is 0 Å². The molecule has 0 unspecified atom stereocenters. The number of hydrogen-bond donors (Lipinski definition) is 0. The molecule has 0 bridgehead atoms. The second kappa shape index (κ2) is 11.0. The third-order valence-electron chi connectivity index (χ3n) is 2.67. The van der Waals surface area contributed by atoms with Crippen LogP contribution in [0.1, 0.15) is 31.2 Å². The molecule has 0 N–H and O–H groups in total. The van der Waals surface area contributed by atoms with Crippen LogP contribution >= 0.6 is 0 Å². The van der Waals surface area contributed by atoms with E-state index in [4.69, 9.17) is 9.47 Å². The lowest BCUT2D eigenvalue weighted by molar-refractivity contribution is 0.115. The second-order valence-electron chi connectivity index (χ2n) is 4.32.